The summed E-state index contributed by atoms with van der Waals surface area (Å²) in [5.74, 6) is 1.65. The molecule has 0 amide bonds. The van der Waals surface area contributed by atoms with Crippen LogP contribution in [0.2, 0.25) is 0 Å². The van der Waals surface area contributed by atoms with E-state index in [9.17, 15) is 0 Å². The van der Waals surface area contributed by atoms with Gasteiger partial charge in [-0.05, 0) is 18.6 Å². The van der Waals surface area contributed by atoms with Crippen LogP contribution < -0.4 is 4.90 Å². The van der Waals surface area contributed by atoms with E-state index in [-0.39, 0.29) is 6.10 Å². The maximum Gasteiger partial charge on any atom is 0.225 e. The van der Waals surface area contributed by atoms with Crippen molar-refractivity contribution in [1.29, 1.82) is 0 Å². The molecule has 0 aliphatic carbocycles. The highest BCUT2D eigenvalue weighted by molar-refractivity contribution is 5.81. The normalized spacial score (nSPS) is 17.0. The van der Waals surface area contributed by atoms with Crippen molar-refractivity contribution >= 4 is 16.9 Å². The van der Waals surface area contributed by atoms with Gasteiger partial charge in [-0.1, -0.05) is 18.2 Å². The number of benzene rings is 1. The molecule has 1 saturated heterocycles. The van der Waals surface area contributed by atoms with Crippen molar-refractivity contribution in [2.75, 3.05) is 38.7 Å². The Labute approximate surface area is 186 Å². The van der Waals surface area contributed by atoms with E-state index in [1.807, 2.05) is 43.4 Å². The number of furan rings is 1. The molecule has 4 aromatic rings. The zero-order valence-corrected chi connectivity index (χ0v) is 18.5. The van der Waals surface area contributed by atoms with Crippen LogP contribution in [0, 0.1) is 6.92 Å². The number of rotatable bonds is 5. The number of aromatic nitrogens is 4. The Kier molecular flexibility index (Phi) is 5.55. The van der Waals surface area contributed by atoms with E-state index in [0.717, 1.165) is 41.3 Å². The molecule has 5 rings (SSSR count). The highest BCUT2D eigenvalue weighted by atomic mass is 16.5. The summed E-state index contributed by atoms with van der Waals surface area (Å²) >= 11 is 0. The smallest absolute Gasteiger partial charge is 0.225 e. The van der Waals surface area contributed by atoms with Crippen LogP contribution in [0.3, 0.4) is 0 Å². The Morgan fingerprint density at radius 2 is 1.94 bits per heavy atom. The van der Waals surface area contributed by atoms with Gasteiger partial charge in [0.1, 0.15) is 23.8 Å². The molecule has 0 spiro atoms. The van der Waals surface area contributed by atoms with Gasteiger partial charge in [0.05, 0.1) is 18.8 Å². The van der Waals surface area contributed by atoms with Gasteiger partial charge in [-0.2, -0.15) is 0 Å². The molecule has 32 heavy (non-hydrogen) atoms. The van der Waals surface area contributed by atoms with Gasteiger partial charge in [-0.15, -0.1) is 0 Å². The maximum atomic E-state index is 6.20. The molecule has 1 aliphatic heterocycles. The summed E-state index contributed by atoms with van der Waals surface area (Å²) in [5, 5.41) is 1.17. The third-order valence-electron chi connectivity index (χ3n) is 5.84. The average Bonchev–Trinajstić information content (AvgIpc) is 3.14. The lowest BCUT2D eigenvalue weighted by molar-refractivity contribution is -0.0363. The van der Waals surface area contributed by atoms with Gasteiger partial charge in [-0.3, -0.25) is 4.90 Å². The van der Waals surface area contributed by atoms with Gasteiger partial charge in [0.2, 0.25) is 5.95 Å². The van der Waals surface area contributed by atoms with Gasteiger partial charge < -0.3 is 14.1 Å². The topological polar surface area (TPSA) is 80.4 Å². The Morgan fingerprint density at radius 1 is 1.12 bits per heavy atom. The van der Waals surface area contributed by atoms with Gasteiger partial charge in [-0.25, -0.2) is 19.9 Å². The summed E-state index contributed by atoms with van der Waals surface area (Å²) in [6.07, 6.45) is 6.73. The van der Waals surface area contributed by atoms with Crippen LogP contribution in [0.5, 0.6) is 0 Å². The monoisotopic (exact) mass is 430 g/mol. The standard InChI is InChI=1S/C24H26N6O2/c1-16-18-6-4-5-7-20(18)32-21(16)13-30-8-9-31-22(14-30)23-19(17-10-25-15-26-11-17)12-27-24(28-23)29(2)3/h4-7,10-12,15,22H,8-9,13-14H2,1-3H3/t22-/m0/s1. The summed E-state index contributed by atoms with van der Waals surface area (Å²) in [6, 6.07) is 8.18. The third-order valence-corrected chi connectivity index (χ3v) is 5.84. The van der Waals surface area contributed by atoms with Crippen LogP contribution in [0.4, 0.5) is 5.95 Å². The van der Waals surface area contributed by atoms with Crippen LogP contribution in [-0.4, -0.2) is 58.6 Å². The molecule has 8 nitrogen and oxygen atoms in total. The Morgan fingerprint density at radius 3 is 2.72 bits per heavy atom. The molecule has 0 unspecified atom stereocenters. The highest BCUT2D eigenvalue weighted by Crippen LogP contribution is 2.32. The van der Waals surface area contributed by atoms with Crippen LogP contribution in [0.25, 0.3) is 22.1 Å². The molecular weight excluding hydrogens is 404 g/mol. The minimum Gasteiger partial charge on any atom is -0.459 e. The van der Waals surface area contributed by atoms with E-state index < -0.39 is 0 Å². The number of ether oxygens (including phenoxy) is 1. The minimum absolute atomic E-state index is 0.189. The van der Waals surface area contributed by atoms with Crippen molar-refractivity contribution in [3.05, 3.63) is 66.2 Å². The molecule has 1 fully saturated rings. The fourth-order valence-electron chi connectivity index (χ4n) is 4.10. The predicted molar refractivity (Wildman–Crippen MR) is 122 cm³/mol. The summed E-state index contributed by atoms with van der Waals surface area (Å²) in [6.45, 7) is 5.02. The summed E-state index contributed by atoms with van der Waals surface area (Å²) in [7, 11) is 3.87. The number of para-hydroxylation sites is 1. The van der Waals surface area contributed by atoms with E-state index in [2.05, 4.69) is 32.8 Å². The molecule has 1 aliphatic rings. The second kappa shape index (κ2) is 8.64. The number of anilines is 1. The van der Waals surface area contributed by atoms with Crippen LogP contribution in [-0.2, 0) is 11.3 Å². The lowest BCUT2D eigenvalue weighted by atomic mass is 10.0. The number of morpholine rings is 1. The van der Waals surface area contributed by atoms with Gasteiger partial charge in [0.25, 0.3) is 0 Å². The van der Waals surface area contributed by atoms with E-state index in [4.69, 9.17) is 14.1 Å². The molecular formula is C24H26N6O2. The number of hydrogen-bond donors (Lipinski definition) is 0. The molecule has 0 bridgehead atoms. The second-order valence-corrected chi connectivity index (χ2v) is 8.23. The lowest BCUT2D eigenvalue weighted by Crippen LogP contribution is -2.38. The Hall–Kier alpha value is -3.36. The largest absolute Gasteiger partial charge is 0.459 e. The number of aryl methyl sites for hydroxylation is 1. The summed E-state index contributed by atoms with van der Waals surface area (Å²) in [5.41, 5.74) is 4.75. The fraction of sp³-hybridized carbons (Fsp3) is 0.333. The predicted octanol–water partition coefficient (Wildman–Crippen LogP) is 3.63. The molecule has 3 aromatic heterocycles. The molecule has 0 radical (unpaired) electrons. The van der Waals surface area contributed by atoms with E-state index >= 15 is 0 Å². The first-order valence-corrected chi connectivity index (χ1v) is 10.7. The summed E-state index contributed by atoms with van der Waals surface area (Å²) < 4.78 is 12.4. The molecule has 1 atom stereocenters. The second-order valence-electron chi connectivity index (χ2n) is 8.23. The van der Waals surface area contributed by atoms with Crippen LogP contribution in [0.1, 0.15) is 23.1 Å². The van der Waals surface area contributed by atoms with Gasteiger partial charge in [0.15, 0.2) is 0 Å². The van der Waals surface area contributed by atoms with Crippen molar-refractivity contribution in [2.24, 2.45) is 0 Å². The van der Waals surface area contributed by atoms with Crippen molar-refractivity contribution in [3.8, 4) is 11.1 Å². The molecule has 164 valence electrons. The third kappa shape index (κ3) is 3.94. The molecule has 4 heterocycles. The Bertz CT molecular complexity index is 1220. The first-order chi connectivity index (χ1) is 15.6. The van der Waals surface area contributed by atoms with Gasteiger partial charge >= 0.3 is 0 Å². The van der Waals surface area contributed by atoms with Crippen molar-refractivity contribution < 1.29 is 9.15 Å². The lowest BCUT2D eigenvalue weighted by Gasteiger charge is -2.33. The SMILES string of the molecule is Cc1c(CN2CCO[C@H](c3nc(N(C)C)ncc3-c3cncnc3)C2)oc2ccccc12. The molecule has 1 aromatic carbocycles. The van der Waals surface area contributed by atoms with E-state index in [1.54, 1.807) is 12.4 Å². The van der Waals surface area contributed by atoms with Crippen molar-refractivity contribution in [1.82, 2.24) is 24.8 Å². The minimum atomic E-state index is -0.189. The average molecular weight is 431 g/mol. The highest BCUT2D eigenvalue weighted by Gasteiger charge is 2.28. The van der Waals surface area contributed by atoms with E-state index in [0.29, 0.717) is 19.1 Å². The number of nitrogens with zero attached hydrogens (tertiary/aromatic N) is 6. The van der Waals surface area contributed by atoms with Crippen LogP contribution >= 0.6 is 0 Å². The quantitative estimate of drug-likeness (QED) is 0.475. The Balaban J connectivity index is 1.44. The van der Waals surface area contributed by atoms with Crippen molar-refractivity contribution in [3.63, 3.8) is 0 Å². The zero-order chi connectivity index (χ0) is 22.1. The van der Waals surface area contributed by atoms with E-state index in [1.165, 1.54) is 17.3 Å². The number of fused-ring (bicyclic) bond motifs is 1. The molecule has 0 N–H and O–H groups in total. The van der Waals surface area contributed by atoms with Gasteiger partial charge in [0, 0.05) is 62.3 Å². The molecule has 0 saturated carbocycles. The van der Waals surface area contributed by atoms with Crippen molar-refractivity contribution in [2.45, 2.75) is 19.6 Å². The first kappa shape index (κ1) is 20.5. The first-order valence-electron chi connectivity index (χ1n) is 10.7. The maximum absolute atomic E-state index is 6.20. The summed E-state index contributed by atoms with van der Waals surface area (Å²) in [4.78, 5) is 21.9. The molecule has 8 heteroatoms. The zero-order valence-electron chi connectivity index (χ0n) is 18.5. The fourth-order valence-corrected chi connectivity index (χ4v) is 4.10. The van der Waals surface area contributed by atoms with Crippen LogP contribution in [0.15, 0.2) is 53.6 Å². The number of hydrogen-bond acceptors (Lipinski definition) is 8.